The molecule has 1 fully saturated rings. The summed E-state index contributed by atoms with van der Waals surface area (Å²) in [7, 11) is 3.20. The fourth-order valence-corrected chi connectivity index (χ4v) is 3.95. The second-order valence-corrected chi connectivity index (χ2v) is 6.64. The molecule has 0 radical (unpaired) electrons. The molecule has 2 atom stereocenters. The van der Waals surface area contributed by atoms with Crippen LogP contribution in [0.15, 0.2) is 42.5 Å². The van der Waals surface area contributed by atoms with Crippen molar-refractivity contribution in [2.75, 3.05) is 20.8 Å². The number of hydrogen-bond acceptors (Lipinski definition) is 4. The Kier molecular flexibility index (Phi) is 5.69. The molecular formula is C20H22ClNO4. The number of carboxylic acid groups (broad SMARTS) is 1. The van der Waals surface area contributed by atoms with Crippen molar-refractivity contribution in [3.05, 3.63) is 58.6 Å². The number of halogens is 1. The average Bonchev–Trinajstić information content (AvgIpc) is 3.13. The Balaban J connectivity index is 2.23. The lowest BCUT2D eigenvalue weighted by atomic mass is 9.94. The van der Waals surface area contributed by atoms with Crippen LogP contribution in [0, 0.1) is 0 Å². The molecule has 2 unspecified atom stereocenters. The number of carboxylic acids is 1. The third-order valence-corrected chi connectivity index (χ3v) is 5.19. The first-order valence-electron chi connectivity index (χ1n) is 8.52. The molecule has 1 heterocycles. The van der Waals surface area contributed by atoms with Crippen LogP contribution in [0.3, 0.4) is 0 Å². The summed E-state index contributed by atoms with van der Waals surface area (Å²) in [4.78, 5) is 13.8. The summed E-state index contributed by atoms with van der Waals surface area (Å²) in [6.07, 6.45) is 1.42. The minimum Gasteiger partial charge on any atom is -0.496 e. The predicted octanol–water partition coefficient (Wildman–Crippen LogP) is 4.00. The van der Waals surface area contributed by atoms with E-state index in [0.717, 1.165) is 17.5 Å². The Morgan fingerprint density at radius 2 is 1.81 bits per heavy atom. The number of nitrogens with zero attached hydrogens (tertiary/aromatic N) is 1. The Labute approximate surface area is 158 Å². The number of carbonyl (C=O) groups is 1. The van der Waals surface area contributed by atoms with Crippen LogP contribution in [0.2, 0.25) is 5.02 Å². The maximum atomic E-state index is 11.8. The predicted molar refractivity (Wildman–Crippen MR) is 100 cm³/mol. The van der Waals surface area contributed by atoms with Gasteiger partial charge >= 0.3 is 5.97 Å². The summed E-state index contributed by atoms with van der Waals surface area (Å²) in [5.74, 6) is 0.462. The van der Waals surface area contributed by atoms with Gasteiger partial charge in [-0.1, -0.05) is 35.9 Å². The molecule has 138 valence electrons. The van der Waals surface area contributed by atoms with Crippen molar-refractivity contribution in [1.82, 2.24) is 4.90 Å². The molecule has 1 N–H and O–H groups in total. The number of hydrogen-bond donors (Lipinski definition) is 1. The zero-order valence-corrected chi connectivity index (χ0v) is 15.6. The number of aliphatic carboxylic acids is 1. The second-order valence-electron chi connectivity index (χ2n) is 6.23. The smallest absolute Gasteiger partial charge is 0.320 e. The Bertz CT molecular complexity index is 773. The van der Waals surface area contributed by atoms with Crippen LogP contribution >= 0.6 is 11.6 Å². The molecule has 0 aromatic heterocycles. The first-order chi connectivity index (χ1) is 12.6. The minimum absolute atomic E-state index is 0.376. The van der Waals surface area contributed by atoms with Crippen molar-refractivity contribution >= 4 is 17.6 Å². The van der Waals surface area contributed by atoms with Gasteiger partial charge in [0.05, 0.1) is 25.8 Å². The van der Waals surface area contributed by atoms with E-state index < -0.39 is 12.0 Å². The first-order valence-corrected chi connectivity index (χ1v) is 8.90. The molecule has 1 aliphatic heterocycles. The van der Waals surface area contributed by atoms with Crippen LogP contribution in [0.25, 0.3) is 0 Å². The normalized spacial score (nSPS) is 18.5. The SMILES string of the molecule is COc1cccc(OC)c1C(c1ccccc1Cl)N1CCCC1C(=O)O. The van der Waals surface area contributed by atoms with E-state index in [1.807, 2.05) is 47.4 Å². The van der Waals surface area contributed by atoms with Gasteiger partial charge < -0.3 is 14.6 Å². The van der Waals surface area contributed by atoms with Crippen LogP contribution in [0.4, 0.5) is 0 Å². The largest absolute Gasteiger partial charge is 0.496 e. The molecular weight excluding hydrogens is 354 g/mol. The number of ether oxygens (including phenoxy) is 2. The van der Waals surface area contributed by atoms with E-state index in [0.29, 0.717) is 29.5 Å². The average molecular weight is 376 g/mol. The van der Waals surface area contributed by atoms with Crippen molar-refractivity contribution in [2.24, 2.45) is 0 Å². The topological polar surface area (TPSA) is 59.0 Å². The third kappa shape index (κ3) is 3.37. The van der Waals surface area contributed by atoms with E-state index >= 15 is 0 Å². The molecule has 5 nitrogen and oxygen atoms in total. The lowest BCUT2D eigenvalue weighted by Crippen LogP contribution is -2.39. The van der Waals surface area contributed by atoms with Gasteiger partial charge in [-0.15, -0.1) is 0 Å². The number of likely N-dealkylation sites (tertiary alicyclic amines) is 1. The molecule has 0 saturated carbocycles. The Morgan fingerprint density at radius 3 is 2.38 bits per heavy atom. The summed E-state index contributed by atoms with van der Waals surface area (Å²) in [6, 6.07) is 12.1. The maximum absolute atomic E-state index is 11.8. The van der Waals surface area contributed by atoms with E-state index in [1.165, 1.54) is 0 Å². The number of methoxy groups -OCH3 is 2. The highest BCUT2D eigenvalue weighted by Crippen LogP contribution is 2.45. The van der Waals surface area contributed by atoms with Crippen LogP contribution in [0.1, 0.15) is 30.0 Å². The van der Waals surface area contributed by atoms with Gasteiger partial charge in [-0.25, -0.2) is 0 Å². The lowest BCUT2D eigenvalue weighted by molar-refractivity contribution is -0.142. The van der Waals surface area contributed by atoms with Crippen LogP contribution < -0.4 is 9.47 Å². The van der Waals surface area contributed by atoms with Gasteiger partial charge in [0, 0.05) is 11.6 Å². The van der Waals surface area contributed by atoms with Crippen molar-refractivity contribution in [2.45, 2.75) is 24.9 Å². The molecule has 1 saturated heterocycles. The zero-order valence-electron chi connectivity index (χ0n) is 14.8. The quantitative estimate of drug-likeness (QED) is 0.827. The molecule has 0 amide bonds. The van der Waals surface area contributed by atoms with E-state index in [1.54, 1.807) is 14.2 Å². The molecule has 2 aromatic carbocycles. The highest BCUT2D eigenvalue weighted by Gasteiger charge is 2.39. The van der Waals surface area contributed by atoms with Crippen LogP contribution in [-0.2, 0) is 4.79 Å². The highest BCUT2D eigenvalue weighted by atomic mass is 35.5. The summed E-state index contributed by atoms with van der Waals surface area (Å²) < 4.78 is 11.2. The van der Waals surface area contributed by atoms with E-state index in [-0.39, 0.29) is 6.04 Å². The standard InChI is InChI=1S/C20H22ClNO4/c1-25-16-10-5-11-17(26-2)18(16)19(13-7-3-4-8-14(13)21)22-12-6-9-15(22)20(23)24/h3-5,7-8,10-11,15,19H,6,9,12H2,1-2H3,(H,23,24). The van der Waals surface area contributed by atoms with Crippen molar-refractivity contribution < 1.29 is 19.4 Å². The summed E-state index contributed by atoms with van der Waals surface area (Å²) >= 11 is 6.51. The Morgan fingerprint density at radius 1 is 1.15 bits per heavy atom. The Hall–Kier alpha value is -2.24. The van der Waals surface area contributed by atoms with Gasteiger partial charge in [-0.2, -0.15) is 0 Å². The first kappa shape index (κ1) is 18.5. The fraction of sp³-hybridized carbons (Fsp3) is 0.350. The van der Waals surface area contributed by atoms with E-state index in [2.05, 4.69) is 0 Å². The number of rotatable bonds is 6. The molecule has 6 heteroatoms. The monoisotopic (exact) mass is 375 g/mol. The van der Waals surface area contributed by atoms with Crippen molar-refractivity contribution in [1.29, 1.82) is 0 Å². The molecule has 0 bridgehead atoms. The van der Waals surface area contributed by atoms with Gasteiger partial charge in [0.15, 0.2) is 0 Å². The third-order valence-electron chi connectivity index (χ3n) is 4.85. The van der Waals surface area contributed by atoms with Gasteiger partial charge in [0.25, 0.3) is 0 Å². The summed E-state index contributed by atoms with van der Waals surface area (Å²) in [6.45, 7) is 0.661. The fourth-order valence-electron chi connectivity index (χ4n) is 3.71. The summed E-state index contributed by atoms with van der Waals surface area (Å²) in [5, 5.41) is 10.3. The molecule has 0 spiro atoms. The van der Waals surface area contributed by atoms with Crippen LogP contribution in [0.5, 0.6) is 11.5 Å². The van der Waals surface area contributed by atoms with Gasteiger partial charge in [0.1, 0.15) is 17.5 Å². The van der Waals surface area contributed by atoms with Gasteiger partial charge in [-0.05, 0) is 36.6 Å². The van der Waals surface area contributed by atoms with E-state index in [9.17, 15) is 9.90 Å². The molecule has 3 rings (SSSR count). The van der Waals surface area contributed by atoms with E-state index in [4.69, 9.17) is 21.1 Å². The van der Waals surface area contributed by atoms with Crippen molar-refractivity contribution in [3.8, 4) is 11.5 Å². The summed E-state index contributed by atoms with van der Waals surface area (Å²) in [5.41, 5.74) is 1.63. The van der Waals surface area contributed by atoms with Gasteiger partial charge in [0.2, 0.25) is 0 Å². The minimum atomic E-state index is -0.826. The zero-order chi connectivity index (χ0) is 18.7. The van der Waals surface area contributed by atoms with Crippen LogP contribution in [-0.4, -0.2) is 42.8 Å². The highest BCUT2D eigenvalue weighted by molar-refractivity contribution is 6.31. The molecule has 0 aliphatic carbocycles. The molecule has 2 aromatic rings. The maximum Gasteiger partial charge on any atom is 0.320 e. The van der Waals surface area contributed by atoms with Crippen molar-refractivity contribution in [3.63, 3.8) is 0 Å². The second kappa shape index (κ2) is 7.98. The van der Waals surface area contributed by atoms with Gasteiger partial charge in [-0.3, -0.25) is 9.69 Å². The molecule has 26 heavy (non-hydrogen) atoms. The molecule has 1 aliphatic rings. The number of benzene rings is 2. The lowest BCUT2D eigenvalue weighted by Gasteiger charge is -2.34.